The van der Waals surface area contributed by atoms with Gasteiger partial charge in [-0.1, -0.05) is 48.3 Å². The summed E-state index contributed by atoms with van der Waals surface area (Å²) in [5.41, 5.74) is 0.339. The third kappa shape index (κ3) is 3.66. The molecule has 5 nitrogen and oxygen atoms in total. The summed E-state index contributed by atoms with van der Waals surface area (Å²) in [6.45, 7) is 5.88. The first-order chi connectivity index (χ1) is 12.2. The lowest BCUT2D eigenvalue weighted by Crippen LogP contribution is -2.29. The third-order valence-corrected chi connectivity index (χ3v) is 4.51. The van der Waals surface area contributed by atoms with Gasteiger partial charge in [0.15, 0.2) is 0 Å². The summed E-state index contributed by atoms with van der Waals surface area (Å²) in [4.78, 5) is 17.7. The van der Waals surface area contributed by atoms with Gasteiger partial charge in [0.1, 0.15) is 11.6 Å². The van der Waals surface area contributed by atoms with Gasteiger partial charge in [0.05, 0.1) is 17.1 Å². The van der Waals surface area contributed by atoms with Crippen molar-refractivity contribution in [2.24, 2.45) is 5.10 Å². The maximum absolute atomic E-state index is 13.0. The number of phenolic OH excluding ortho intramolecular Hbond substituents is 1. The fourth-order valence-corrected chi connectivity index (χ4v) is 3.03. The van der Waals surface area contributed by atoms with E-state index in [-0.39, 0.29) is 11.3 Å². The minimum absolute atomic E-state index is 0.0278. The van der Waals surface area contributed by atoms with Crippen LogP contribution in [0.25, 0.3) is 10.9 Å². The van der Waals surface area contributed by atoms with Crippen LogP contribution in [0.15, 0.2) is 50.8 Å². The molecule has 0 aliphatic carbocycles. The van der Waals surface area contributed by atoms with Crippen molar-refractivity contribution in [3.8, 4) is 5.75 Å². The van der Waals surface area contributed by atoms with Gasteiger partial charge in [-0.15, -0.1) is 0 Å². The Hall–Kier alpha value is -2.18. The molecule has 0 saturated carbocycles. The average Bonchev–Trinajstić information content (AvgIpc) is 2.56. The summed E-state index contributed by atoms with van der Waals surface area (Å²) in [5, 5.41) is 15.2. The SMILES string of the molecule is CC(C)(C)c1nc2ccc(Br)cc2c(=O)n1N=Cc1cc(Cl)ccc1O. The minimum Gasteiger partial charge on any atom is -0.507 e. The van der Waals surface area contributed by atoms with Crippen molar-refractivity contribution in [3.63, 3.8) is 0 Å². The van der Waals surface area contributed by atoms with Crippen LogP contribution in [0.3, 0.4) is 0 Å². The molecule has 3 rings (SSSR count). The van der Waals surface area contributed by atoms with Crippen LogP contribution in [0, 0.1) is 0 Å². The first kappa shape index (κ1) is 18.6. The zero-order chi connectivity index (χ0) is 19.1. The highest BCUT2D eigenvalue weighted by Gasteiger charge is 2.22. The van der Waals surface area contributed by atoms with Crippen LogP contribution in [0.4, 0.5) is 0 Å². The topological polar surface area (TPSA) is 67.5 Å². The van der Waals surface area contributed by atoms with Crippen molar-refractivity contribution in [3.05, 3.63) is 67.6 Å². The molecule has 0 saturated heterocycles. The van der Waals surface area contributed by atoms with Crippen LogP contribution >= 0.6 is 27.5 Å². The smallest absolute Gasteiger partial charge is 0.282 e. The fraction of sp³-hybridized carbons (Fsp3) is 0.211. The fourth-order valence-electron chi connectivity index (χ4n) is 2.49. The number of nitrogens with zero attached hydrogens (tertiary/aromatic N) is 3. The van der Waals surface area contributed by atoms with Gasteiger partial charge in [0, 0.05) is 20.5 Å². The summed E-state index contributed by atoms with van der Waals surface area (Å²) in [6.07, 6.45) is 1.41. The van der Waals surface area contributed by atoms with E-state index in [1.807, 2.05) is 26.8 Å². The number of aromatic nitrogens is 2. The molecule has 3 aromatic rings. The average molecular weight is 435 g/mol. The molecular weight excluding hydrogens is 418 g/mol. The molecule has 0 radical (unpaired) electrons. The summed E-state index contributed by atoms with van der Waals surface area (Å²) in [6, 6.07) is 10.0. The second-order valence-electron chi connectivity index (χ2n) is 6.91. The molecule has 0 unspecified atom stereocenters. The highest BCUT2D eigenvalue weighted by molar-refractivity contribution is 9.10. The summed E-state index contributed by atoms with van der Waals surface area (Å²) in [5.74, 6) is 0.551. The lowest BCUT2D eigenvalue weighted by atomic mass is 9.95. The van der Waals surface area contributed by atoms with E-state index < -0.39 is 5.41 Å². The molecule has 26 heavy (non-hydrogen) atoms. The Morgan fingerprint density at radius 2 is 1.96 bits per heavy atom. The van der Waals surface area contributed by atoms with E-state index in [0.29, 0.717) is 27.3 Å². The molecule has 0 amide bonds. The summed E-state index contributed by atoms with van der Waals surface area (Å²) in [7, 11) is 0. The predicted molar refractivity (Wildman–Crippen MR) is 109 cm³/mol. The lowest BCUT2D eigenvalue weighted by Gasteiger charge is -2.20. The van der Waals surface area contributed by atoms with Crippen LogP contribution in [0.1, 0.15) is 32.2 Å². The normalized spacial score (nSPS) is 12.2. The van der Waals surface area contributed by atoms with E-state index in [0.717, 1.165) is 4.47 Å². The van der Waals surface area contributed by atoms with Crippen molar-refractivity contribution in [2.45, 2.75) is 26.2 Å². The molecule has 1 heterocycles. The summed E-state index contributed by atoms with van der Waals surface area (Å²) >= 11 is 9.35. The van der Waals surface area contributed by atoms with Crippen LogP contribution in [-0.2, 0) is 5.41 Å². The van der Waals surface area contributed by atoms with Gasteiger partial charge in [0.25, 0.3) is 5.56 Å². The predicted octanol–water partition coefficient (Wildman–Crippen LogP) is 4.70. The van der Waals surface area contributed by atoms with Gasteiger partial charge in [-0.2, -0.15) is 9.78 Å². The lowest BCUT2D eigenvalue weighted by molar-refractivity contribution is 0.474. The largest absolute Gasteiger partial charge is 0.507 e. The zero-order valence-electron chi connectivity index (χ0n) is 14.5. The maximum Gasteiger partial charge on any atom is 0.282 e. The molecule has 2 aromatic carbocycles. The van der Waals surface area contributed by atoms with Gasteiger partial charge in [-0.05, 0) is 36.4 Å². The standard InChI is InChI=1S/C19H17BrClN3O2/c1-19(2,3)18-23-15-6-4-12(20)9-14(15)17(26)24(18)22-10-11-8-13(21)5-7-16(11)25/h4-10,25H,1-3H3. The Kier molecular flexibility index (Phi) is 4.90. The number of phenols is 1. The molecular formula is C19H17BrClN3O2. The first-order valence-electron chi connectivity index (χ1n) is 7.92. The van der Waals surface area contributed by atoms with E-state index in [1.54, 1.807) is 24.3 Å². The van der Waals surface area contributed by atoms with Crippen molar-refractivity contribution in [2.75, 3.05) is 0 Å². The Bertz CT molecular complexity index is 1080. The van der Waals surface area contributed by atoms with E-state index in [1.165, 1.54) is 17.0 Å². The molecule has 134 valence electrons. The molecule has 0 aliphatic rings. The zero-order valence-corrected chi connectivity index (χ0v) is 16.8. The van der Waals surface area contributed by atoms with E-state index in [2.05, 4.69) is 26.0 Å². The Morgan fingerprint density at radius 3 is 2.65 bits per heavy atom. The van der Waals surface area contributed by atoms with Crippen molar-refractivity contribution in [1.29, 1.82) is 0 Å². The molecule has 7 heteroatoms. The monoisotopic (exact) mass is 433 g/mol. The highest BCUT2D eigenvalue weighted by Crippen LogP contribution is 2.24. The van der Waals surface area contributed by atoms with Crippen LogP contribution in [0.2, 0.25) is 5.02 Å². The van der Waals surface area contributed by atoms with Gasteiger partial charge in [-0.25, -0.2) is 4.98 Å². The van der Waals surface area contributed by atoms with Crippen LogP contribution in [0.5, 0.6) is 5.75 Å². The number of benzene rings is 2. The quantitative estimate of drug-likeness (QED) is 0.595. The molecule has 1 aromatic heterocycles. The highest BCUT2D eigenvalue weighted by atomic mass is 79.9. The molecule has 0 atom stereocenters. The molecule has 0 aliphatic heterocycles. The Labute approximate surface area is 164 Å². The van der Waals surface area contributed by atoms with Gasteiger partial charge in [-0.3, -0.25) is 4.79 Å². The summed E-state index contributed by atoms with van der Waals surface area (Å²) < 4.78 is 2.06. The van der Waals surface area contributed by atoms with E-state index in [9.17, 15) is 9.90 Å². The molecule has 0 spiro atoms. The second kappa shape index (κ2) is 6.85. The van der Waals surface area contributed by atoms with Crippen LogP contribution in [-0.4, -0.2) is 21.0 Å². The van der Waals surface area contributed by atoms with E-state index in [4.69, 9.17) is 11.6 Å². The Balaban J connectivity index is 2.26. The van der Waals surface area contributed by atoms with Crippen molar-refractivity contribution < 1.29 is 5.11 Å². The third-order valence-electron chi connectivity index (χ3n) is 3.78. The molecule has 0 bridgehead atoms. The molecule has 0 fully saturated rings. The van der Waals surface area contributed by atoms with Gasteiger partial charge >= 0.3 is 0 Å². The maximum atomic E-state index is 13.0. The van der Waals surface area contributed by atoms with Gasteiger partial charge < -0.3 is 5.11 Å². The minimum atomic E-state index is -0.409. The first-order valence-corrected chi connectivity index (χ1v) is 9.09. The van der Waals surface area contributed by atoms with Crippen LogP contribution < -0.4 is 5.56 Å². The van der Waals surface area contributed by atoms with Gasteiger partial charge in [0.2, 0.25) is 0 Å². The second-order valence-corrected chi connectivity index (χ2v) is 8.26. The van der Waals surface area contributed by atoms with Crippen molar-refractivity contribution in [1.82, 2.24) is 9.66 Å². The number of aromatic hydroxyl groups is 1. The number of hydrogen-bond donors (Lipinski definition) is 1. The number of fused-ring (bicyclic) bond motifs is 1. The number of rotatable bonds is 2. The molecule has 1 N–H and O–H groups in total. The van der Waals surface area contributed by atoms with E-state index >= 15 is 0 Å². The number of halogens is 2. The van der Waals surface area contributed by atoms with Crippen molar-refractivity contribution >= 4 is 44.6 Å². The number of hydrogen-bond acceptors (Lipinski definition) is 4. The Morgan fingerprint density at radius 1 is 1.23 bits per heavy atom.